The van der Waals surface area contributed by atoms with Crippen LogP contribution in [0, 0.1) is 0 Å². The standard InChI is InChI=1S/C17H23Cl2NO3/c1-15(2,3)23-14(21)20-11-17(22,16(19)8-9-16)10-12-6-4-5-7-13(12)18/h4-7,22H,8-11H2,1-3H3,(H,20,21). The second-order valence-corrected chi connectivity index (χ2v) is 8.25. The molecule has 0 saturated heterocycles. The van der Waals surface area contributed by atoms with Crippen molar-refractivity contribution in [3.8, 4) is 0 Å². The number of halogens is 2. The highest BCUT2D eigenvalue weighted by Crippen LogP contribution is 2.52. The van der Waals surface area contributed by atoms with Crippen LogP contribution in [0.4, 0.5) is 4.79 Å². The number of ether oxygens (including phenoxy) is 1. The first-order chi connectivity index (χ1) is 10.5. The average molecular weight is 360 g/mol. The first kappa shape index (κ1) is 18.4. The minimum atomic E-state index is -1.28. The molecule has 0 spiro atoms. The molecule has 128 valence electrons. The minimum absolute atomic E-state index is 0.0106. The van der Waals surface area contributed by atoms with Crippen LogP contribution in [0.2, 0.25) is 5.02 Å². The van der Waals surface area contributed by atoms with Crippen molar-refractivity contribution in [3.05, 3.63) is 34.9 Å². The Hall–Kier alpha value is -0.970. The molecule has 1 atom stereocenters. The van der Waals surface area contributed by atoms with Crippen LogP contribution < -0.4 is 5.32 Å². The third-order valence-corrected chi connectivity index (χ3v) is 4.99. The summed E-state index contributed by atoms with van der Waals surface area (Å²) in [6.07, 6.45) is 1.10. The topological polar surface area (TPSA) is 58.6 Å². The van der Waals surface area contributed by atoms with E-state index >= 15 is 0 Å². The van der Waals surface area contributed by atoms with E-state index in [4.69, 9.17) is 27.9 Å². The molecule has 4 nitrogen and oxygen atoms in total. The van der Waals surface area contributed by atoms with E-state index in [9.17, 15) is 9.90 Å². The van der Waals surface area contributed by atoms with E-state index in [0.29, 0.717) is 17.9 Å². The number of benzene rings is 1. The van der Waals surface area contributed by atoms with Crippen LogP contribution in [-0.4, -0.2) is 33.8 Å². The number of carbonyl (C=O) groups is 1. The highest BCUT2D eigenvalue weighted by molar-refractivity contribution is 6.31. The van der Waals surface area contributed by atoms with Gasteiger partial charge in [0.15, 0.2) is 0 Å². The van der Waals surface area contributed by atoms with Gasteiger partial charge in [-0.05, 0) is 45.2 Å². The number of alkyl halides is 1. The van der Waals surface area contributed by atoms with Crippen LogP contribution in [0.5, 0.6) is 0 Å². The number of aliphatic hydroxyl groups is 1. The molecular formula is C17H23Cl2NO3. The second-order valence-electron chi connectivity index (χ2n) is 7.12. The molecule has 1 fully saturated rings. The van der Waals surface area contributed by atoms with Crippen molar-refractivity contribution in [1.82, 2.24) is 5.32 Å². The maximum absolute atomic E-state index is 11.9. The molecule has 0 heterocycles. The van der Waals surface area contributed by atoms with Gasteiger partial charge in [-0.15, -0.1) is 11.6 Å². The van der Waals surface area contributed by atoms with E-state index in [1.165, 1.54) is 0 Å². The predicted molar refractivity (Wildman–Crippen MR) is 92.2 cm³/mol. The van der Waals surface area contributed by atoms with Crippen LogP contribution in [0.1, 0.15) is 39.2 Å². The molecule has 1 aromatic carbocycles. The first-order valence-corrected chi connectivity index (χ1v) is 8.42. The number of hydrogen-bond donors (Lipinski definition) is 2. The van der Waals surface area contributed by atoms with Crippen molar-refractivity contribution in [1.29, 1.82) is 0 Å². The number of carbonyl (C=O) groups excluding carboxylic acids is 1. The number of rotatable bonds is 5. The van der Waals surface area contributed by atoms with Gasteiger partial charge < -0.3 is 15.2 Å². The molecule has 2 rings (SSSR count). The van der Waals surface area contributed by atoms with Crippen LogP contribution in [0.15, 0.2) is 24.3 Å². The summed E-state index contributed by atoms with van der Waals surface area (Å²) in [5, 5.41) is 14.3. The van der Waals surface area contributed by atoms with E-state index < -0.39 is 22.2 Å². The fourth-order valence-corrected chi connectivity index (χ4v) is 2.87. The summed E-state index contributed by atoms with van der Waals surface area (Å²) in [6.45, 7) is 5.36. The van der Waals surface area contributed by atoms with Crippen molar-refractivity contribution in [2.24, 2.45) is 0 Å². The Balaban J connectivity index is 2.08. The number of alkyl carbamates (subject to hydrolysis) is 1. The molecule has 23 heavy (non-hydrogen) atoms. The third kappa shape index (κ3) is 4.75. The Bertz CT molecular complexity index is 581. The van der Waals surface area contributed by atoms with Gasteiger partial charge in [0.25, 0.3) is 0 Å². The number of hydrogen-bond acceptors (Lipinski definition) is 3. The zero-order chi connectivity index (χ0) is 17.3. The lowest BCUT2D eigenvalue weighted by Crippen LogP contribution is -2.53. The molecule has 0 bridgehead atoms. The molecule has 2 N–H and O–H groups in total. The van der Waals surface area contributed by atoms with Gasteiger partial charge in [-0.25, -0.2) is 4.79 Å². The molecule has 1 aliphatic carbocycles. The molecule has 0 aromatic heterocycles. The van der Waals surface area contributed by atoms with Crippen molar-refractivity contribution in [2.75, 3.05) is 6.54 Å². The second kappa shape index (κ2) is 6.50. The first-order valence-electron chi connectivity index (χ1n) is 7.66. The van der Waals surface area contributed by atoms with Crippen molar-refractivity contribution >= 4 is 29.3 Å². The normalized spacial score (nSPS) is 18.9. The largest absolute Gasteiger partial charge is 0.444 e. The monoisotopic (exact) mass is 359 g/mol. The highest BCUT2D eigenvalue weighted by atomic mass is 35.5. The quantitative estimate of drug-likeness (QED) is 0.783. The Morgan fingerprint density at radius 2 is 1.96 bits per heavy atom. The predicted octanol–water partition coefficient (Wildman–Crippen LogP) is 3.91. The minimum Gasteiger partial charge on any atom is -0.444 e. The fourth-order valence-electron chi connectivity index (χ4n) is 2.44. The molecule has 0 aliphatic heterocycles. The zero-order valence-electron chi connectivity index (χ0n) is 13.7. The van der Waals surface area contributed by atoms with Gasteiger partial charge in [-0.2, -0.15) is 0 Å². The lowest BCUT2D eigenvalue weighted by molar-refractivity contribution is 0.0163. The summed E-state index contributed by atoms with van der Waals surface area (Å²) in [7, 11) is 0. The Labute approximate surface area is 147 Å². The fraction of sp³-hybridized carbons (Fsp3) is 0.588. The summed E-state index contributed by atoms with van der Waals surface area (Å²) in [5.41, 5.74) is -1.07. The lowest BCUT2D eigenvalue weighted by Gasteiger charge is -2.34. The van der Waals surface area contributed by atoms with Crippen molar-refractivity contribution < 1.29 is 14.6 Å². The molecule has 1 aromatic rings. The molecule has 0 radical (unpaired) electrons. The van der Waals surface area contributed by atoms with Gasteiger partial charge in [0.05, 0.1) is 11.4 Å². The van der Waals surface area contributed by atoms with Crippen molar-refractivity contribution in [3.63, 3.8) is 0 Å². The van der Waals surface area contributed by atoms with Gasteiger partial charge in [0.2, 0.25) is 0 Å². The SMILES string of the molecule is CC(C)(C)OC(=O)NCC(O)(Cc1ccccc1Cl)C1(Cl)CC1. The Morgan fingerprint density at radius 3 is 2.48 bits per heavy atom. The van der Waals surface area contributed by atoms with Crippen LogP contribution >= 0.6 is 23.2 Å². The highest BCUT2D eigenvalue weighted by Gasteiger charge is 2.57. The van der Waals surface area contributed by atoms with Gasteiger partial charge >= 0.3 is 6.09 Å². The van der Waals surface area contributed by atoms with Gasteiger partial charge in [-0.1, -0.05) is 29.8 Å². The van der Waals surface area contributed by atoms with E-state index in [2.05, 4.69) is 5.32 Å². The van der Waals surface area contributed by atoms with E-state index in [0.717, 1.165) is 5.56 Å². The summed E-state index contributed by atoms with van der Waals surface area (Å²) in [6, 6.07) is 7.31. The van der Waals surface area contributed by atoms with E-state index in [-0.39, 0.29) is 13.0 Å². The molecule has 1 aliphatic rings. The maximum atomic E-state index is 11.9. The lowest BCUT2D eigenvalue weighted by atomic mass is 9.89. The summed E-state index contributed by atoms with van der Waals surface area (Å²) >= 11 is 12.7. The van der Waals surface area contributed by atoms with E-state index in [1.807, 2.05) is 18.2 Å². The van der Waals surface area contributed by atoms with E-state index in [1.54, 1.807) is 26.8 Å². The van der Waals surface area contributed by atoms with Gasteiger partial charge in [-0.3, -0.25) is 0 Å². The van der Waals surface area contributed by atoms with Crippen LogP contribution in [-0.2, 0) is 11.2 Å². The van der Waals surface area contributed by atoms with Crippen LogP contribution in [0.3, 0.4) is 0 Å². The Kier molecular flexibility index (Phi) is 5.19. The zero-order valence-corrected chi connectivity index (χ0v) is 15.2. The molecule has 1 saturated carbocycles. The maximum Gasteiger partial charge on any atom is 0.407 e. The number of amides is 1. The smallest absolute Gasteiger partial charge is 0.407 e. The molecular weight excluding hydrogens is 337 g/mol. The number of nitrogens with one attached hydrogen (secondary N) is 1. The van der Waals surface area contributed by atoms with Crippen LogP contribution in [0.25, 0.3) is 0 Å². The van der Waals surface area contributed by atoms with Crippen molar-refractivity contribution in [2.45, 2.75) is 56.1 Å². The molecule has 1 unspecified atom stereocenters. The summed E-state index contributed by atoms with van der Waals surface area (Å²) in [5.74, 6) is 0. The van der Waals surface area contributed by atoms with Gasteiger partial charge in [0.1, 0.15) is 11.2 Å². The summed E-state index contributed by atoms with van der Waals surface area (Å²) < 4.78 is 5.21. The molecule has 1 amide bonds. The average Bonchev–Trinajstić information content (AvgIpc) is 3.17. The van der Waals surface area contributed by atoms with Gasteiger partial charge in [0, 0.05) is 11.4 Å². The Morgan fingerprint density at radius 1 is 1.35 bits per heavy atom. The summed E-state index contributed by atoms with van der Waals surface area (Å²) in [4.78, 5) is 11.1. The molecule has 6 heteroatoms. The third-order valence-electron chi connectivity index (χ3n) is 3.89.